The molecule has 1 amide bonds. The van der Waals surface area contributed by atoms with E-state index in [0.29, 0.717) is 11.4 Å². The third-order valence-electron chi connectivity index (χ3n) is 4.65. The second-order valence-corrected chi connectivity index (χ2v) is 6.54. The fourth-order valence-electron chi connectivity index (χ4n) is 3.09. The van der Waals surface area contributed by atoms with E-state index in [-0.39, 0.29) is 18.0 Å². The summed E-state index contributed by atoms with van der Waals surface area (Å²) in [5.41, 5.74) is 5.73. The summed E-state index contributed by atoms with van der Waals surface area (Å²) in [7, 11) is 1.60. The van der Waals surface area contributed by atoms with Crippen LogP contribution in [0.4, 0.5) is 5.69 Å². The summed E-state index contributed by atoms with van der Waals surface area (Å²) in [6, 6.07) is 12.6. The maximum atomic E-state index is 11.4. The highest BCUT2D eigenvalue weighted by Gasteiger charge is 2.15. The number of anilines is 1. The maximum Gasteiger partial charge on any atom is 0.221 e. The number of carbonyl (C=O) groups is 1. The van der Waals surface area contributed by atoms with Gasteiger partial charge in [-0.1, -0.05) is 24.3 Å². The Kier molecular flexibility index (Phi) is 6.21. The van der Waals surface area contributed by atoms with Crippen molar-refractivity contribution in [2.24, 2.45) is 0 Å². The average molecular weight is 340 g/mol. The second kappa shape index (κ2) is 8.17. The van der Waals surface area contributed by atoms with Crippen molar-refractivity contribution < 1.29 is 9.53 Å². The predicted octanol–water partition coefficient (Wildman–Crippen LogP) is 4.68. The zero-order valence-corrected chi connectivity index (χ0v) is 15.9. The molecule has 4 nitrogen and oxygen atoms in total. The lowest BCUT2D eigenvalue weighted by Crippen LogP contribution is -2.23. The molecule has 0 aliphatic carbocycles. The van der Waals surface area contributed by atoms with Gasteiger partial charge in [-0.05, 0) is 62.1 Å². The summed E-state index contributed by atoms with van der Waals surface area (Å²) < 4.78 is 5.33. The number of ether oxygens (including phenoxy) is 1. The van der Waals surface area contributed by atoms with Crippen LogP contribution in [0.15, 0.2) is 36.4 Å². The van der Waals surface area contributed by atoms with Gasteiger partial charge >= 0.3 is 0 Å². The number of aryl methyl sites for hydroxylation is 1. The molecule has 0 aliphatic rings. The van der Waals surface area contributed by atoms with Crippen molar-refractivity contribution in [1.82, 2.24) is 5.32 Å². The molecular formula is C21H28N2O2. The van der Waals surface area contributed by atoms with Crippen molar-refractivity contribution in [3.05, 3.63) is 58.7 Å². The Morgan fingerprint density at radius 1 is 1.08 bits per heavy atom. The van der Waals surface area contributed by atoms with E-state index >= 15 is 0 Å². The standard InChI is InChI=1S/C21H28N2O2/c1-13-8-7-9-19(14(13)2)16(4)22-15(3)18-10-11-21(25-6)20(12-18)23-17(5)24/h7-12,15-16,22H,1-6H3,(H,23,24)/t15-,16+/m0/s1. The van der Waals surface area contributed by atoms with Crippen LogP contribution in [0.2, 0.25) is 0 Å². The normalized spacial score (nSPS) is 13.2. The molecule has 25 heavy (non-hydrogen) atoms. The Morgan fingerprint density at radius 3 is 2.44 bits per heavy atom. The molecular weight excluding hydrogens is 312 g/mol. The maximum absolute atomic E-state index is 11.4. The van der Waals surface area contributed by atoms with Gasteiger partial charge in [0.05, 0.1) is 12.8 Å². The van der Waals surface area contributed by atoms with Crippen molar-refractivity contribution >= 4 is 11.6 Å². The van der Waals surface area contributed by atoms with Crippen LogP contribution < -0.4 is 15.4 Å². The number of methoxy groups -OCH3 is 1. The molecule has 2 rings (SSSR count). The molecule has 134 valence electrons. The summed E-state index contributed by atoms with van der Waals surface area (Å²) in [6.45, 7) is 10.1. The molecule has 0 spiro atoms. The third-order valence-corrected chi connectivity index (χ3v) is 4.65. The Balaban J connectivity index is 2.21. The number of hydrogen-bond donors (Lipinski definition) is 2. The zero-order valence-electron chi connectivity index (χ0n) is 15.9. The molecule has 2 aromatic rings. The van der Waals surface area contributed by atoms with Crippen molar-refractivity contribution in [2.45, 2.75) is 46.7 Å². The van der Waals surface area contributed by atoms with E-state index in [0.717, 1.165) is 5.56 Å². The van der Waals surface area contributed by atoms with Gasteiger partial charge in [0.1, 0.15) is 5.75 Å². The predicted molar refractivity (Wildman–Crippen MR) is 103 cm³/mol. The van der Waals surface area contributed by atoms with Crippen molar-refractivity contribution in [3.63, 3.8) is 0 Å². The minimum Gasteiger partial charge on any atom is -0.495 e. The summed E-state index contributed by atoms with van der Waals surface area (Å²) in [5, 5.41) is 6.47. The number of rotatable bonds is 6. The summed E-state index contributed by atoms with van der Waals surface area (Å²) in [5.74, 6) is 0.550. The molecule has 0 bridgehead atoms. The molecule has 0 heterocycles. The van der Waals surface area contributed by atoms with Crippen LogP contribution in [-0.4, -0.2) is 13.0 Å². The number of nitrogens with one attached hydrogen (secondary N) is 2. The SMILES string of the molecule is COc1ccc([C@H](C)N[C@H](C)c2cccc(C)c2C)cc1NC(C)=O. The Labute approximate surface area is 150 Å². The number of hydrogen-bond acceptors (Lipinski definition) is 3. The Hall–Kier alpha value is -2.33. The molecule has 2 atom stereocenters. The quantitative estimate of drug-likeness (QED) is 0.802. The van der Waals surface area contributed by atoms with Gasteiger partial charge < -0.3 is 15.4 Å². The van der Waals surface area contributed by atoms with E-state index < -0.39 is 0 Å². The molecule has 0 saturated heterocycles. The summed E-state index contributed by atoms with van der Waals surface area (Å²) >= 11 is 0. The van der Waals surface area contributed by atoms with Gasteiger partial charge in [0.15, 0.2) is 0 Å². The van der Waals surface area contributed by atoms with E-state index in [2.05, 4.69) is 56.5 Å². The molecule has 0 aromatic heterocycles. The number of benzene rings is 2. The van der Waals surface area contributed by atoms with E-state index in [1.165, 1.54) is 23.6 Å². The van der Waals surface area contributed by atoms with Crippen LogP contribution in [-0.2, 0) is 4.79 Å². The molecule has 4 heteroatoms. The van der Waals surface area contributed by atoms with Crippen LogP contribution in [0.5, 0.6) is 5.75 Å². The minimum absolute atomic E-state index is 0.111. The second-order valence-electron chi connectivity index (χ2n) is 6.54. The molecule has 0 fully saturated rings. The molecule has 0 saturated carbocycles. The van der Waals surface area contributed by atoms with Crippen molar-refractivity contribution in [3.8, 4) is 5.75 Å². The topological polar surface area (TPSA) is 50.4 Å². The third kappa shape index (κ3) is 4.60. The van der Waals surface area contributed by atoms with Gasteiger partial charge in [-0.25, -0.2) is 0 Å². The van der Waals surface area contributed by atoms with Gasteiger partial charge in [0.25, 0.3) is 0 Å². The summed E-state index contributed by atoms with van der Waals surface area (Å²) in [6.07, 6.45) is 0. The zero-order chi connectivity index (χ0) is 18.6. The molecule has 0 radical (unpaired) electrons. The smallest absolute Gasteiger partial charge is 0.221 e. The lowest BCUT2D eigenvalue weighted by molar-refractivity contribution is -0.114. The van der Waals surface area contributed by atoms with Crippen LogP contribution in [0.3, 0.4) is 0 Å². The fourth-order valence-corrected chi connectivity index (χ4v) is 3.09. The molecule has 2 aromatic carbocycles. The van der Waals surface area contributed by atoms with Gasteiger partial charge in [0.2, 0.25) is 5.91 Å². The lowest BCUT2D eigenvalue weighted by atomic mass is 9.97. The average Bonchev–Trinajstić information content (AvgIpc) is 2.56. The number of amides is 1. The molecule has 0 aliphatic heterocycles. The monoisotopic (exact) mass is 340 g/mol. The van der Waals surface area contributed by atoms with E-state index in [4.69, 9.17) is 4.74 Å². The number of carbonyl (C=O) groups excluding carboxylic acids is 1. The first-order valence-electron chi connectivity index (χ1n) is 8.61. The van der Waals surface area contributed by atoms with Crippen LogP contribution in [0, 0.1) is 13.8 Å². The van der Waals surface area contributed by atoms with E-state index in [1.54, 1.807) is 7.11 Å². The molecule has 2 N–H and O–H groups in total. The highest BCUT2D eigenvalue weighted by atomic mass is 16.5. The lowest BCUT2D eigenvalue weighted by Gasteiger charge is -2.23. The van der Waals surface area contributed by atoms with E-state index in [9.17, 15) is 4.79 Å². The molecule has 0 unspecified atom stereocenters. The first-order chi connectivity index (χ1) is 11.8. The minimum atomic E-state index is -0.111. The van der Waals surface area contributed by atoms with Crippen molar-refractivity contribution in [2.75, 3.05) is 12.4 Å². The van der Waals surface area contributed by atoms with Gasteiger partial charge in [-0.3, -0.25) is 4.79 Å². The summed E-state index contributed by atoms with van der Waals surface area (Å²) in [4.78, 5) is 11.4. The van der Waals surface area contributed by atoms with Crippen molar-refractivity contribution in [1.29, 1.82) is 0 Å². The van der Waals surface area contributed by atoms with Crippen LogP contribution in [0.1, 0.15) is 55.1 Å². The highest BCUT2D eigenvalue weighted by molar-refractivity contribution is 5.90. The van der Waals surface area contributed by atoms with Crippen LogP contribution in [0.25, 0.3) is 0 Å². The van der Waals surface area contributed by atoms with E-state index in [1.807, 2.05) is 18.2 Å². The highest BCUT2D eigenvalue weighted by Crippen LogP contribution is 2.29. The van der Waals surface area contributed by atoms with Crippen LogP contribution >= 0.6 is 0 Å². The van der Waals surface area contributed by atoms with Gasteiger partial charge in [-0.2, -0.15) is 0 Å². The first-order valence-corrected chi connectivity index (χ1v) is 8.61. The Morgan fingerprint density at radius 2 is 1.80 bits per heavy atom. The van der Waals surface area contributed by atoms with Gasteiger partial charge in [-0.15, -0.1) is 0 Å². The first kappa shape index (κ1) is 19.0. The van der Waals surface area contributed by atoms with Gasteiger partial charge in [0, 0.05) is 19.0 Å². The largest absolute Gasteiger partial charge is 0.495 e. The Bertz CT molecular complexity index is 756. The fraction of sp³-hybridized carbons (Fsp3) is 0.381.